The zero-order chi connectivity index (χ0) is 42.4. The minimum Gasteiger partial charge on any atom is -0.480 e. The van der Waals surface area contributed by atoms with Crippen LogP contribution in [0.25, 0.3) is 0 Å². The molecule has 0 saturated heterocycles. The second-order valence-electron chi connectivity index (χ2n) is 16.9. The number of ether oxygens (including phenoxy) is 1. The number of hydrogen-bond donors (Lipinski definition) is 3. The van der Waals surface area contributed by atoms with Gasteiger partial charge < -0.3 is 20.9 Å². The highest BCUT2D eigenvalue weighted by atomic mass is 16.5. The fourth-order valence-electron chi connectivity index (χ4n) is 7.42. The van der Waals surface area contributed by atoms with Crippen LogP contribution >= 0.6 is 0 Å². The Hall–Kier alpha value is -2.41. The van der Waals surface area contributed by atoms with Crippen molar-refractivity contribution in [1.82, 2.24) is 5.32 Å². The molecule has 0 aromatic rings. The molecule has 0 aromatic carbocycles. The molecule has 0 spiro atoms. The van der Waals surface area contributed by atoms with E-state index in [2.05, 4.69) is 55.6 Å². The van der Waals surface area contributed by atoms with Crippen LogP contribution in [0.15, 0.2) is 36.5 Å². The lowest BCUT2D eigenvalue weighted by atomic mass is 10.0. The molecule has 58 heavy (non-hydrogen) atoms. The van der Waals surface area contributed by atoms with Gasteiger partial charge in [0.25, 0.3) is 0 Å². The number of carbonyl (C=O) groups is 3. The van der Waals surface area contributed by atoms with Crippen molar-refractivity contribution in [3.8, 4) is 0 Å². The molecule has 7 nitrogen and oxygen atoms in total. The summed E-state index contributed by atoms with van der Waals surface area (Å²) in [5.74, 6) is -1.24. The lowest BCUT2D eigenvalue weighted by Gasteiger charge is -2.18. The smallest absolute Gasteiger partial charge is 0.326 e. The standard InChI is InChI=1S/C51H94N2O5/c1-3-5-7-9-11-13-15-17-19-20-22-24-26-28-30-35-39-45-50(55)58-47(41-36-32-29-27-25-23-21-18-16-14-12-10-8-6-4-2)42-37-33-31-34-38-44-49(54)53-48(51(56)57)43-40-46-52/h11,13,17,19,23,25,47-48H,3-10,12,14-16,18,20-22,24,26-46,52H2,1-2H3,(H,53,54)(H,56,57)/b13-11-,19-17-,25-23-. The normalized spacial score (nSPS) is 12.9. The maximum absolute atomic E-state index is 12.9. The van der Waals surface area contributed by atoms with Gasteiger partial charge >= 0.3 is 11.9 Å². The van der Waals surface area contributed by atoms with Crippen molar-refractivity contribution in [2.75, 3.05) is 6.54 Å². The van der Waals surface area contributed by atoms with E-state index in [1.807, 2.05) is 0 Å². The fraction of sp³-hybridized carbons (Fsp3) is 0.824. The third-order valence-corrected chi connectivity index (χ3v) is 11.2. The number of carbonyl (C=O) groups excluding carboxylic acids is 2. The molecule has 0 aliphatic carbocycles. The van der Waals surface area contributed by atoms with Gasteiger partial charge in [0.05, 0.1) is 0 Å². The Bertz CT molecular complexity index is 1010. The zero-order valence-electron chi connectivity index (χ0n) is 38.1. The lowest BCUT2D eigenvalue weighted by molar-refractivity contribution is -0.150. The molecule has 0 rings (SSSR count). The van der Waals surface area contributed by atoms with E-state index in [0.29, 0.717) is 32.2 Å². The first-order valence-corrected chi connectivity index (χ1v) is 24.8. The molecule has 0 aliphatic heterocycles. The van der Waals surface area contributed by atoms with Crippen molar-refractivity contribution < 1.29 is 24.2 Å². The minimum atomic E-state index is -1.00. The van der Waals surface area contributed by atoms with Gasteiger partial charge in [0, 0.05) is 12.8 Å². The Morgan fingerprint density at radius 2 is 0.897 bits per heavy atom. The predicted molar refractivity (Wildman–Crippen MR) is 248 cm³/mol. The van der Waals surface area contributed by atoms with Crippen LogP contribution in [0.3, 0.4) is 0 Å². The number of esters is 1. The molecular formula is C51H94N2O5. The molecule has 2 atom stereocenters. The van der Waals surface area contributed by atoms with Gasteiger partial charge in [-0.3, -0.25) is 9.59 Å². The average Bonchev–Trinajstić information content (AvgIpc) is 3.21. The predicted octanol–water partition coefficient (Wildman–Crippen LogP) is 14.6. The number of aliphatic carboxylic acids is 1. The zero-order valence-corrected chi connectivity index (χ0v) is 38.1. The van der Waals surface area contributed by atoms with E-state index in [4.69, 9.17) is 10.5 Å². The van der Waals surface area contributed by atoms with E-state index >= 15 is 0 Å². The van der Waals surface area contributed by atoms with Crippen molar-refractivity contribution >= 4 is 17.8 Å². The second kappa shape index (κ2) is 45.7. The highest BCUT2D eigenvalue weighted by molar-refractivity contribution is 5.83. The summed E-state index contributed by atoms with van der Waals surface area (Å²) in [6.45, 7) is 4.93. The van der Waals surface area contributed by atoms with Gasteiger partial charge in [0.2, 0.25) is 5.91 Å². The summed E-state index contributed by atoms with van der Waals surface area (Å²) < 4.78 is 6.07. The van der Waals surface area contributed by atoms with Crippen molar-refractivity contribution in [1.29, 1.82) is 0 Å². The first-order chi connectivity index (χ1) is 28.4. The minimum absolute atomic E-state index is 0.00636. The van der Waals surface area contributed by atoms with Gasteiger partial charge in [-0.1, -0.05) is 166 Å². The molecule has 4 N–H and O–H groups in total. The number of carboxylic acids is 1. The monoisotopic (exact) mass is 815 g/mol. The van der Waals surface area contributed by atoms with E-state index < -0.39 is 12.0 Å². The number of amides is 1. The third kappa shape index (κ3) is 41.7. The Morgan fingerprint density at radius 1 is 0.500 bits per heavy atom. The summed E-state index contributed by atoms with van der Waals surface area (Å²) in [5, 5.41) is 12.0. The molecule has 1 amide bonds. The highest BCUT2D eigenvalue weighted by Crippen LogP contribution is 2.19. The maximum atomic E-state index is 12.9. The SMILES string of the molecule is CCCCC/C=C\C/C=C\CCCCCCCCCC(=O)OC(CCCCC/C=C\CCCCCCCCCC)CCCCCCCC(=O)NC(CCCN)C(=O)O. The number of nitrogens with two attached hydrogens (primary N) is 1. The summed E-state index contributed by atoms with van der Waals surface area (Å²) >= 11 is 0. The Kier molecular flexibility index (Phi) is 43.8. The molecule has 0 fully saturated rings. The molecule has 0 aliphatic rings. The summed E-state index contributed by atoms with van der Waals surface area (Å²) in [6.07, 6.45) is 54.8. The van der Waals surface area contributed by atoms with Crippen LogP contribution in [0.5, 0.6) is 0 Å². The van der Waals surface area contributed by atoms with Gasteiger partial charge in [-0.05, 0) is 116 Å². The first-order valence-electron chi connectivity index (χ1n) is 24.8. The number of unbranched alkanes of at least 4 members (excludes halogenated alkanes) is 25. The van der Waals surface area contributed by atoms with Crippen LogP contribution in [-0.4, -0.2) is 41.6 Å². The van der Waals surface area contributed by atoms with Gasteiger partial charge in [0.15, 0.2) is 0 Å². The molecular weight excluding hydrogens is 721 g/mol. The molecule has 0 saturated carbocycles. The summed E-state index contributed by atoms with van der Waals surface area (Å²) in [4.78, 5) is 36.5. The van der Waals surface area contributed by atoms with Crippen LogP contribution in [0.2, 0.25) is 0 Å². The van der Waals surface area contributed by atoms with Crippen molar-refractivity contribution in [3.05, 3.63) is 36.5 Å². The largest absolute Gasteiger partial charge is 0.480 e. The number of hydrogen-bond acceptors (Lipinski definition) is 5. The van der Waals surface area contributed by atoms with Crippen LogP contribution < -0.4 is 11.1 Å². The van der Waals surface area contributed by atoms with Crippen LogP contribution in [0.4, 0.5) is 0 Å². The Labute approximate surface area is 358 Å². The Morgan fingerprint density at radius 3 is 1.40 bits per heavy atom. The second-order valence-corrected chi connectivity index (χ2v) is 16.9. The summed E-state index contributed by atoms with van der Waals surface area (Å²) in [7, 11) is 0. The molecule has 338 valence electrons. The van der Waals surface area contributed by atoms with Crippen molar-refractivity contribution in [3.63, 3.8) is 0 Å². The van der Waals surface area contributed by atoms with E-state index in [0.717, 1.165) is 77.0 Å². The molecule has 0 heterocycles. The highest BCUT2D eigenvalue weighted by Gasteiger charge is 2.19. The van der Waals surface area contributed by atoms with E-state index in [9.17, 15) is 19.5 Å². The summed E-state index contributed by atoms with van der Waals surface area (Å²) in [5.41, 5.74) is 5.50. The molecule has 0 bridgehead atoms. The van der Waals surface area contributed by atoms with E-state index in [1.165, 1.54) is 135 Å². The van der Waals surface area contributed by atoms with Crippen LogP contribution in [-0.2, 0) is 19.1 Å². The quantitative estimate of drug-likeness (QED) is 0.0320. The van der Waals surface area contributed by atoms with Gasteiger partial charge in [-0.2, -0.15) is 0 Å². The van der Waals surface area contributed by atoms with Crippen molar-refractivity contribution in [2.24, 2.45) is 5.73 Å². The van der Waals surface area contributed by atoms with Gasteiger partial charge in [-0.25, -0.2) is 4.79 Å². The molecule has 0 radical (unpaired) electrons. The van der Waals surface area contributed by atoms with Crippen LogP contribution in [0.1, 0.15) is 251 Å². The van der Waals surface area contributed by atoms with Gasteiger partial charge in [0.1, 0.15) is 12.1 Å². The molecule has 0 aromatic heterocycles. The molecule has 2 unspecified atom stereocenters. The number of allylic oxidation sites excluding steroid dienone is 6. The van der Waals surface area contributed by atoms with E-state index in [-0.39, 0.29) is 18.0 Å². The summed E-state index contributed by atoms with van der Waals surface area (Å²) in [6, 6.07) is -0.859. The van der Waals surface area contributed by atoms with E-state index in [1.54, 1.807) is 0 Å². The maximum Gasteiger partial charge on any atom is 0.326 e. The number of carboxylic acid groups (broad SMARTS) is 1. The Balaban J connectivity index is 4.34. The van der Waals surface area contributed by atoms with Gasteiger partial charge in [-0.15, -0.1) is 0 Å². The van der Waals surface area contributed by atoms with Crippen LogP contribution in [0, 0.1) is 0 Å². The number of nitrogens with one attached hydrogen (secondary N) is 1. The third-order valence-electron chi connectivity index (χ3n) is 11.2. The topological polar surface area (TPSA) is 119 Å². The lowest BCUT2D eigenvalue weighted by Crippen LogP contribution is -2.40. The number of rotatable bonds is 45. The molecule has 7 heteroatoms. The van der Waals surface area contributed by atoms with Crippen molar-refractivity contribution in [2.45, 2.75) is 264 Å². The first kappa shape index (κ1) is 55.6. The average molecular weight is 815 g/mol. The fourth-order valence-corrected chi connectivity index (χ4v) is 7.42.